The lowest BCUT2D eigenvalue weighted by molar-refractivity contribution is -0.127. The molecule has 1 atom stereocenters. The molecule has 1 fully saturated rings. The van der Waals surface area contributed by atoms with Gasteiger partial charge in [0.15, 0.2) is 12.0 Å². The van der Waals surface area contributed by atoms with Crippen LogP contribution in [0, 0.1) is 0 Å². The number of carbonyl (C=O) groups excluding carboxylic acids is 2. The third-order valence-corrected chi connectivity index (χ3v) is 4.02. The molecular formula is C12H15NO4S. The molecule has 1 amide bonds. The standard InChI is InChI=1S/C12H15NO4S/c14-7-10-3-4-11(17-10)8-18(16)9-12(15)13-5-1-2-6-13/h3-4,7H,1-2,5-6,8-9H2. The molecule has 0 saturated carbocycles. The molecule has 2 heterocycles. The third-order valence-electron chi connectivity index (χ3n) is 2.85. The van der Waals surface area contributed by atoms with Crippen molar-refractivity contribution in [2.45, 2.75) is 18.6 Å². The Balaban J connectivity index is 1.84. The maximum absolute atomic E-state index is 11.8. The van der Waals surface area contributed by atoms with E-state index in [1.165, 1.54) is 6.07 Å². The van der Waals surface area contributed by atoms with Crippen LogP contribution < -0.4 is 0 Å². The molecule has 0 bridgehead atoms. The van der Waals surface area contributed by atoms with Crippen molar-refractivity contribution in [2.75, 3.05) is 18.8 Å². The number of likely N-dealkylation sites (tertiary alicyclic amines) is 1. The van der Waals surface area contributed by atoms with Gasteiger partial charge in [0, 0.05) is 23.9 Å². The summed E-state index contributed by atoms with van der Waals surface area (Å²) >= 11 is 0. The Hall–Kier alpha value is -1.43. The van der Waals surface area contributed by atoms with Crippen molar-refractivity contribution in [3.05, 3.63) is 23.7 Å². The molecule has 18 heavy (non-hydrogen) atoms. The number of hydrogen-bond acceptors (Lipinski definition) is 4. The highest BCUT2D eigenvalue weighted by Gasteiger charge is 2.20. The van der Waals surface area contributed by atoms with Crippen LogP contribution in [0.3, 0.4) is 0 Å². The first-order valence-corrected chi connectivity index (χ1v) is 7.34. The van der Waals surface area contributed by atoms with Gasteiger partial charge in [-0.15, -0.1) is 0 Å². The molecule has 2 rings (SSSR count). The molecule has 0 spiro atoms. The minimum Gasteiger partial charge on any atom is -0.457 e. The first-order chi connectivity index (χ1) is 8.69. The van der Waals surface area contributed by atoms with E-state index in [0.29, 0.717) is 12.0 Å². The lowest BCUT2D eigenvalue weighted by Gasteiger charge is -2.14. The zero-order valence-corrected chi connectivity index (χ0v) is 10.8. The van der Waals surface area contributed by atoms with Gasteiger partial charge in [0.05, 0.1) is 5.75 Å². The van der Waals surface area contributed by atoms with Crippen LogP contribution >= 0.6 is 0 Å². The third kappa shape index (κ3) is 3.29. The molecule has 6 heteroatoms. The number of rotatable bonds is 5. The summed E-state index contributed by atoms with van der Waals surface area (Å²) in [7, 11) is -1.29. The Morgan fingerprint density at radius 1 is 1.39 bits per heavy atom. The topological polar surface area (TPSA) is 67.6 Å². The van der Waals surface area contributed by atoms with Gasteiger partial charge >= 0.3 is 0 Å². The Morgan fingerprint density at radius 2 is 2.11 bits per heavy atom. The molecule has 0 radical (unpaired) electrons. The van der Waals surface area contributed by atoms with Crippen LogP contribution in [0.1, 0.15) is 29.2 Å². The zero-order chi connectivity index (χ0) is 13.0. The van der Waals surface area contributed by atoms with Gasteiger partial charge in [0.1, 0.15) is 11.5 Å². The summed E-state index contributed by atoms with van der Waals surface area (Å²) in [5.74, 6) is 0.829. The molecule has 0 aromatic carbocycles. The van der Waals surface area contributed by atoms with Crippen LogP contribution in [0.2, 0.25) is 0 Å². The molecule has 1 saturated heterocycles. The number of nitrogens with zero attached hydrogens (tertiary/aromatic N) is 1. The maximum atomic E-state index is 11.8. The van der Waals surface area contributed by atoms with E-state index < -0.39 is 10.8 Å². The number of hydrogen-bond donors (Lipinski definition) is 0. The lowest BCUT2D eigenvalue weighted by Crippen LogP contribution is -2.31. The Labute approximate surface area is 108 Å². The SMILES string of the molecule is O=Cc1ccc(CS(=O)CC(=O)N2CCCC2)o1. The van der Waals surface area contributed by atoms with Gasteiger partial charge in [-0.1, -0.05) is 0 Å². The van der Waals surface area contributed by atoms with E-state index >= 15 is 0 Å². The second-order valence-electron chi connectivity index (χ2n) is 4.24. The molecule has 0 aliphatic carbocycles. The van der Waals surface area contributed by atoms with Gasteiger partial charge in [-0.2, -0.15) is 0 Å². The van der Waals surface area contributed by atoms with Gasteiger partial charge < -0.3 is 9.32 Å². The van der Waals surface area contributed by atoms with Gasteiger partial charge in [0.25, 0.3) is 0 Å². The van der Waals surface area contributed by atoms with E-state index in [9.17, 15) is 13.8 Å². The van der Waals surface area contributed by atoms with Crippen molar-refractivity contribution >= 4 is 23.0 Å². The van der Waals surface area contributed by atoms with E-state index in [0.717, 1.165) is 25.9 Å². The molecule has 5 nitrogen and oxygen atoms in total. The van der Waals surface area contributed by atoms with Crippen molar-refractivity contribution in [3.8, 4) is 0 Å². The summed E-state index contributed by atoms with van der Waals surface area (Å²) < 4.78 is 16.9. The summed E-state index contributed by atoms with van der Waals surface area (Å²) in [6.45, 7) is 1.54. The van der Waals surface area contributed by atoms with Crippen molar-refractivity contribution in [3.63, 3.8) is 0 Å². The van der Waals surface area contributed by atoms with Crippen molar-refractivity contribution in [1.82, 2.24) is 4.90 Å². The van der Waals surface area contributed by atoms with Crippen molar-refractivity contribution in [2.24, 2.45) is 0 Å². The lowest BCUT2D eigenvalue weighted by atomic mass is 10.4. The summed E-state index contributed by atoms with van der Waals surface area (Å²) in [4.78, 5) is 23.9. The van der Waals surface area contributed by atoms with E-state index in [1.54, 1.807) is 11.0 Å². The molecule has 1 unspecified atom stereocenters. The maximum Gasteiger partial charge on any atom is 0.235 e. The van der Waals surface area contributed by atoms with Crippen molar-refractivity contribution < 1.29 is 18.2 Å². The Kier molecular flexibility index (Phi) is 4.30. The first kappa shape index (κ1) is 13.0. The predicted octanol–water partition coefficient (Wildman–Crippen LogP) is 0.963. The van der Waals surface area contributed by atoms with Crippen LogP contribution in [-0.4, -0.2) is 40.1 Å². The first-order valence-electron chi connectivity index (χ1n) is 5.85. The van der Waals surface area contributed by atoms with Gasteiger partial charge in [-0.05, 0) is 25.0 Å². The fourth-order valence-corrected chi connectivity index (χ4v) is 2.97. The second-order valence-corrected chi connectivity index (χ2v) is 5.70. The highest BCUT2D eigenvalue weighted by Crippen LogP contribution is 2.11. The molecule has 1 aliphatic heterocycles. The van der Waals surface area contributed by atoms with Crippen molar-refractivity contribution in [1.29, 1.82) is 0 Å². The molecule has 98 valence electrons. The highest BCUT2D eigenvalue weighted by atomic mass is 32.2. The largest absolute Gasteiger partial charge is 0.457 e. The van der Waals surface area contributed by atoms with Gasteiger partial charge in [0.2, 0.25) is 5.91 Å². The average molecular weight is 269 g/mol. The summed E-state index contributed by atoms with van der Waals surface area (Å²) in [5.41, 5.74) is 0. The minimum absolute atomic E-state index is 0.0249. The van der Waals surface area contributed by atoms with Crippen LogP contribution in [0.5, 0.6) is 0 Å². The Morgan fingerprint density at radius 3 is 2.72 bits per heavy atom. The van der Waals surface area contributed by atoms with Gasteiger partial charge in [-0.25, -0.2) is 0 Å². The second kappa shape index (κ2) is 5.95. The van der Waals surface area contributed by atoms with E-state index in [-0.39, 0.29) is 23.2 Å². The number of aldehydes is 1. The fourth-order valence-electron chi connectivity index (χ4n) is 1.94. The average Bonchev–Trinajstić information content (AvgIpc) is 2.98. The molecule has 1 aromatic rings. The zero-order valence-electron chi connectivity index (χ0n) is 9.96. The fraction of sp³-hybridized carbons (Fsp3) is 0.500. The number of amides is 1. The summed E-state index contributed by atoms with van der Waals surface area (Å²) in [5, 5.41) is 0. The summed E-state index contributed by atoms with van der Waals surface area (Å²) in [6.07, 6.45) is 2.65. The van der Waals surface area contributed by atoms with E-state index in [2.05, 4.69) is 0 Å². The number of furan rings is 1. The molecule has 1 aromatic heterocycles. The van der Waals surface area contributed by atoms with Gasteiger partial charge in [-0.3, -0.25) is 13.8 Å². The van der Waals surface area contributed by atoms with Crippen LogP contribution in [-0.2, 0) is 21.3 Å². The van der Waals surface area contributed by atoms with Crippen LogP contribution in [0.25, 0.3) is 0 Å². The van der Waals surface area contributed by atoms with Crippen LogP contribution in [0.4, 0.5) is 0 Å². The number of carbonyl (C=O) groups is 2. The van der Waals surface area contributed by atoms with E-state index in [4.69, 9.17) is 4.42 Å². The molecule has 0 N–H and O–H groups in total. The predicted molar refractivity (Wildman–Crippen MR) is 66.6 cm³/mol. The quantitative estimate of drug-likeness (QED) is 0.747. The normalized spacial score (nSPS) is 16.8. The molecular weight excluding hydrogens is 254 g/mol. The Bertz CT molecular complexity index is 462. The summed E-state index contributed by atoms with van der Waals surface area (Å²) in [6, 6.07) is 3.14. The highest BCUT2D eigenvalue weighted by molar-refractivity contribution is 7.84. The monoisotopic (exact) mass is 269 g/mol. The minimum atomic E-state index is -1.29. The van der Waals surface area contributed by atoms with Crippen LogP contribution in [0.15, 0.2) is 16.5 Å². The smallest absolute Gasteiger partial charge is 0.235 e. The van der Waals surface area contributed by atoms with E-state index in [1.807, 2.05) is 0 Å². The molecule has 1 aliphatic rings.